The number of anilines is 2. The fourth-order valence-electron chi connectivity index (χ4n) is 1.62. The molecule has 1 rings (SSSR count). The molecule has 0 bridgehead atoms. The van der Waals surface area contributed by atoms with Crippen LogP contribution in [0.1, 0.15) is 13.8 Å². The van der Waals surface area contributed by atoms with E-state index < -0.39 is 11.4 Å². The lowest BCUT2D eigenvalue weighted by Gasteiger charge is -2.29. The fourth-order valence-corrected chi connectivity index (χ4v) is 2.00. The highest BCUT2D eigenvalue weighted by molar-refractivity contribution is 9.10. The zero-order chi connectivity index (χ0) is 13.2. The molecule has 0 fully saturated rings. The molecule has 0 aliphatic carbocycles. The average molecular weight is 301 g/mol. The number of nitrogens with two attached hydrogens (primary N) is 1. The predicted octanol–water partition coefficient (Wildman–Crippen LogP) is 2.58. The fraction of sp³-hybridized carbons (Fsp3) is 0.417. The molecule has 0 radical (unpaired) electrons. The van der Waals surface area contributed by atoms with Crippen molar-refractivity contribution in [3.63, 3.8) is 0 Å². The molecule has 0 unspecified atom stereocenters. The minimum absolute atomic E-state index is 0.397. The second-order valence-corrected chi connectivity index (χ2v) is 5.66. The Hall–Kier alpha value is -1.23. The molecule has 0 amide bonds. The number of carboxylic acid groups (broad SMARTS) is 1. The smallest absolute Gasteiger partial charge is 0.310 e. The first-order valence-electron chi connectivity index (χ1n) is 5.23. The Morgan fingerprint density at radius 1 is 1.53 bits per heavy atom. The molecular formula is C12H17BrN2O2. The number of nitrogen functional groups attached to an aromatic ring is 1. The number of carbonyl (C=O) groups is 1. The Balaban J connectivity index is 2.90. The molecule has 0 saturated carbocycles. The molecule has 3 N–H and O–H groups in total. The van der Waals surface area contributed by atoms with Crippen LogP contribution in [0.2, 0.25) is 0 Å². The van der Waals surface area contributed by atoms with Crippen LogP contribution in [-0.4, -0.2) is 24.7 Å². The third kappa shape index (κ3) is 3.36. The molecule has 0 aliphatic rings. The van der Waals surface area contributed by atoms with Gasteiger partial charge in [0.25, 0.3) is 0 Å². The Kier molecular flexibility index (Phi) is 4.03. The molecule has 1 aromatic rings. The van der Waals surface area contributed by atoms with Gasteiger partial charge in [0.05, 0.1) is 16.8 Å². The van der Waals surface area contributed by atoms with Gasteiger partial charge in [0.1, 0.15) is 0 Å². The van der Waals surface area contributed by atoms with Crippen molar-refractivity contribution in [2.45, 2.75) is 13.8 Å². The van der Waals surface area contributed by atoms with Crippen molar-refractivity contribution in [3.8, 4) is 0 Å². The molecule has 0 spiro atoms. The minimum atomic E-state index is -0.819. The largest absolute Gasteiger partial charge is 0.481 e. The predicted molar refractivity (Wildman–Crippen MR) is 73.2 cm³/mol. The second kappa shape index (κ2) is 4.96. The number of aliphatic carboxylic acids is 1. The van der Waals surface area contributed by atoms with E-state index in [9.17, 15) is 4.79 Å². The van der Waals surface area contributed by atoms with Crippen LogP contribution in [-0.2, 0) is 4.79 Å². The summed E-state index contributed by atoms with van der Waals surface area (Å²) >= 11 is 3.34. The monoisotopic (exact) mass is 300 g/mol. The van der Waals surface area contributed by atoms with Crippen molar-refractivity contribution in [2.75, 3.05) is 24.2 Å². The highest BCUT2D eigenvalue weighted by Crippen LogP contribution is 2.28. The van der Waals surface area contributed by atoms with E-state index in [0.717, 1.165) is 10.2 Å². The van der Waals surface area contributed by atoms with E-state index in [0.29, 0.717) is 12.2 Å². The molecule has 4 nitrogen and oxygen atoms in total. The zero-order valence-electron chi connectivity index (χ0n) is 10.2. The van der Waals surface area contributed by atoms with Crippen molar-refractivity contribution in [1.29, 1.82) is 0 Å². The van der Waals surface area contributed by atoms with Crippen LogP contribution in [0.5, 0.6) is 0 Å². The van der Waals surface area contributed by atoms with Crippen LogP contribution in [0.25, 0.3) is 0 Å². The molecule has 0 aromatic heterocycles. The first-order valence-corrected chi connectivity index (χ1v) is 6.03. The van der Waals surface area contributed by atoms with E-state index >= 15 is 0 Å². The van der Waals surface area contributed by atoms with E-state index in [-0.39, 0.29) is 0 Å². The standard InChI is InChI=1S/C12H17BrN2O2/c1-12(2,11(16)17)7-15(3)10-5-4-8(13)6-9(10)14/h4-6H,7,14H2,1-3H3,(H,16,17). The lowest BCUT2D eigenvalue weighted by molar-refractivity contribution is -0.146. The van der Waals surface area contributed by atoms with Gasteiger partial charge >= 0.3 is 5.97 Å². The van der Waals surface area contributed by atoms with Crippen LogP contribution in [0, 0.1) is 5.41 Å². The number of halogens is 1. The Labute approximate surface area is 110 Å². The number of hydrogen-bond acceptors (Lipinski definition) is 3. The molecule has 5 heteroatoms. The minimum Gasteiger partial charge on any atom is -0.481 e. The number of carboxylic acids is 1. The lowest BCUT2D eigenvalue weighted by Crippen LogP contribution is -2.37. The van der Waals surface area contributed by atoms with Gasteiger partial charge in [-0.05, 0) is 32.0 Å². The van der Waals surface area contributed by atoms with Crippen molar-refractivity contribution >= 4 is 33.3 Å². The van der Waals surface area contributed by atoms with Crippen molar-refractivity contribution in [3.05, 3.63) is 22.7 Å². The summed E-state index contributed by atoms with van der Waals surface area (Å²) in [6, 6.07) is 5.56. The maximum Gasteiger partial charge on any atom is 0.310 e. The lowest BCUT2D eigenvalue weighted by atomic mass is 9.93. The van der Waals surface area contributed by atoms with Gasteiger partial charge in [-0.1, -0.05) is 15.9 Å². The normalized spacial score (nSPS) is 11.3. The molecule has 0 aliphatic heterocycles. The first-order chi connectivity index (χ1) is 7.74. The van der Waals surface area contributed by atoms with Crippen LogP contribution >= 0.6 is 15.9 Å². The summed E-state index contributed by atoms with van der Waals surface area (Å²) < 4.78 is 0.907. The van der Waals surface area contributed by atoms with Crippen LogP contribution in [0.4, 0.5) is 11.4 Å². The zero-order valence-corrected chi connectivity index (χ0v) is 11.8. The van der Waals surface area contributed by atoms with Crippen LogP contribution < -0.4 is 10.6 Å². The molecule has 0 heterocycles. The summed E-state index contributed by atoms with van der Waals surface area (Å²) in [5.41, 5.74) is 6.55. The van der Waals surface area contributed by atoms with Crippen LogP contribution in [0.15, 0.2) is 22.7 Å². The second-order valence-electron chi connectivity index (χ2n) is 4.75. The van der Waals surface area contributed by atoms with Gasteiger partial charge in [0, 0.05) is 18.1 Å². The quantitative estimate of drug-likeness (QED) is 0.839. The Morgan fingerprint density at radius 2 is 2.12 bits per heavy atom. The average Bonchev–Trinajstić information content (AvgIpc) is 2.15. The summed E-state index contributed by atoms with van der Waals surface area (Å²) in [6.07, 6.45) is 0. The molecule has 0 atom stereocenters. The van der Waals surface area contributed by atoms with Gasteiger partial charge < -0.3 is 15.7 Å². The van der Waals surface area contributed by atoms with Crippen molar-refractivity contribution in [1.82, 2.24) is 0 Å². The number of hydrogen-bond donors (Lipinski definition) is 2. The third-order valence-electron chi connectivity index (χ3n) is 2.61. The summed E-state index contributed by atoms with van der Waals surface area (Å²) in [4.78, 5) is 12.9. The summed E-state index contributed by atoms with van der Waals surface area (Å²) in [5, 5.41) is 9.09. The molecule has 0 saturated heterocycles. The number of nitrogens with zero attached hydrogens (tertiary/aromatic N) is 1. The molecular weight excluding hydrogens is 284 g/mol. The van der Waals surface area contributed by atoms with E-state index in [1.807, 2.05) is 24.1 Å². The highest BCUT2D eigenvalue weighted by atomic mass is 79.9. The number of benzene rings is 1. The van der Waals surface area contributed by atoms with Gasteiger partial charge in [-0.2, -0.15) is 0 Å². The van der Waals surface area contributed by atoms with E-state index in [4.69, 9.17) is 10.8 Å². The third-order valence-corrected chi connectivity index (χ3v) is 3.11. The first kappa shape index (κ1) is 13.8. The summed E-state index contributed by atoms with van der Waals surface area (Å²) in [7, 11) is 1.84. The van der Waals surface area contributed by atoms with Crippen molar-refractivity contribution in [2.24, 2.45) is 5.41 Å². The van der Waals surface area contributed by atoms with Gasteiger partial charge in [0.2, 0.25) is 0 Å². The van der Waals surface area contributed by atoms with E-state index in [1.165, 1.54) is 0 Å². The topological polar surface area (TPSA) is 66.6 Å². The Morgan fingerprint density at radius 3 is 2.59 bits per heavy atom. The molecule has 1 aromatic carbocycles. The Bertz CT molecular complexity index is 433. The van der Waals surface area contributed by atoms with E-state index in [1.54, 1.807) is 19.9 Å². The SMILES string of the molecule is CN(CC(C)(C)C(=O)O)c1ccc(Br)cc1N. The summed E-state index contributed by atoms with van der Waals surface area (Å²) in [6.45, 7) is 3.79. The van der Waals surface area contributed by atoms with Crippen LogP contribution in [0.3, 0.4) is 0 Å². The van der Waals surface area contributed by atoms with E-state index in [2.05, 4.69) is 15.9 Å². The molecule has 94 valence electrons. The highest BCUT2D eigenvalue weighted by Gasteiger charge is 2.29. The van der Waals surface area contributed by atoms with Gasteiger partial charge in [0.15, 0.2) is 0 Å². The van der Waals surface area contributed by atoms with Gasteiger partial charge in [-0.3, -0.25) is 4.79 Å². The van der Waals surface area contributed by atoms with Gasteiger partial charge in [-0.15, -0.1) is 0 Å². The maximum absolute atomic E-state index is 11.1. The summed E-state index contributed by atoms with van der Waals surface area (Å²) in [5.74, 6) is -0.819. The van der Waals surface area contributed by atoms with Crippen molar-refractivity contribution < 1.29 is 9.90 Å². The maximum atomic E-state index is 11.1. The van der Waals surface area contributed by atoms with Gasteiger partial charge in [-0.25, -0.2) is 0 Å². The molecule has 17 heavy (non-hydrogen) atoms. The number of rotatable bonds is 4.